The van der Waals surface area contributed by atoms with E-state index in [1.54, 1.807) is 25.1 Å². The second kappa shape index (κ2) is 7.79. The van der Waals surface area contributed by atoms with Crippen LogP contribution in [0.4, 0.5) is 11.4 Å². The van der Waals surface area contributed by atoms with E-state index >= 15 is 0 Å². The van der Waals surface area contributed by atoms with Gasteiger partial charge in [0.25, 0.3) is 11.6 Å². The summed E-state index contributed by atoms with van der Waals surface area (Å²) in [4.78, 5) is 23.5. The first kappa shape index (κ1) is 17.6. The first-order chi connectivity index (χ1) is 12.5. The van der Waals surface area contributed by atoms with Crippen molar-refractivity contribution in [3.05, 3.63) is 86.1 Å². The van der Waals surface area contributed by atoms with Crippen molar-refractivity contribution < 1.29 is 14.5 Å². The van der Waals surface area contributed by atoms with Crippen LogP contribution in [0.15, 0.2) is 60.0 Å². The van der Waals surface area contributed by atoms with Gasteiger partial charge in [-0.2, -0.15) is 0 Å². The predicted octanol–water partition coefficient (Wildman–Crippen LogP) is 4.80. The van der Waals surface area contributed by atoms with E-state index in [0.29, 0.717) is 11.5 Å². The number of anilines is 1. The number of hydrogen-bond donors (Lipinski definition) is 1. The number of para-hydroxylation sites is 1. The summed E-state index contributed by atoms with van der Waals surface area (Å²) in [6, 6.07) is 15.8. The zero-order valence-electron chi connectivity index (χ0n) is 14.0. The molecular formula is C19H16N2O4S. The molecular weight excluding hydrogens is 352 g/mol. The Bertz CT molecular complexity index is 938. The smallest absolute Gasteiger partial charge is 0.293 e. The topological polar surface area (TPSA) is 81.5 Å². The summed E-state index contributed by atoms with van der Waals surface area (Å²) >= 11 is 1.27. The van der Waals surface area contributed by atoms with Gasteiger partial charge in [0.05, 0.1) is 9.80 Å². The van der Waals surface area contributed by atoms with Crippen LogP contribution in [0.1, 0.15) is 20.8 Å². The minimum Gasteiger partial charge on any atom is -0.489 e. The number of nitrogens with one attached hydrogen (secondary N) is 1. The largest absolute Gasteiger partial charge is 0.489 e. The quantitative estimate of drug-likeness (QED) is 0.501. The number of thiophene rings is 1. The minimum atomic E-state index is -0.504. The van der Waals surface area contributed by atoms with Crippen LogP contribution < -0.4 is 10.1 Å². The van der Waals surface area contributed by atoms with E-state index in [-0.39, 0.29) is 17.3 Å². The van der Waals surface area contributed by atoms with Gasteiger partial charge in [-0.15, -0.1) is 11.3 Å². The summed E-state index contributed by atoms with van der Waals surface area (Å²) in [6.45, 7) is 2.11. The van der Waals surface area contributed by atoms with Crippen molar-refractivity contribution in [2.24, 2.45) is 0 Å². The monoisotopic (exact) mass is 368 g/mol. The van der Waals surface area contributed by atoms with Crippen LogP contribution in [0.3, 0.4) is 0 Å². The van der Waals surface area contributed by atoms with Crippen LogP contribution in [0, 0.1) is 17.0 Å². The number of ether oxygens (including phenoxy) is 1. The highest BCUT2D eigenvalue weighted by Crippen LogP contribution is 2.27. The Kier molecular flexibility index (Phi) is 5.28. The Morgan fingerprint density at radius 2 is 1.96 bits per heavy atom. The van der Waals surface area contributed by atoms with E-state index in [4.69, 9.17) is 4.74 Å². The SMILES string of the molecule is Cc1ccc(NC(=O)c2cc(COc3ccccc3)cs2)c([N+](=O)[O-])c1. The molecule has 0 fully saturated rings. The normalized spacial score (nSPS) is 10.3. The lowest BCUT2D eigenvalue weighted by molar-refractivity contribution is -0.384. The van der Waals surface area contributed by atoms with Crippen molar-refractivity contribution in [1.82, 2.24) is 0 Å². The molecule has 3 aromatic rings. The fourth-order valence-corrected chi connectivity index (χ4v) is 3.13. The van der Waals surface area contributed by atoms with Gasteiger partial charge in [-0.3, -0.25) is 14.9 Å². The second-order valence-electron chi connectivity index (χ2n) is 5.65. The third kappa shape index (κ3) is 4.25. The molecule has 0 saturated heterocycles. The molecule has 0 radical (unpaired) electrons. The molecule has 7 heteroatoms. The minimum absolute atomic E-state index is 0.123. The summed E-state index contributed by atoms with van der Waals surface area (Å²) in [5.74, 6) is 0.368. The average molecular weight is 368 g/mol. The van der Waals surface area contributed by atoms with E-state index in [9.17, 15) is 14.9 Å². The molecule has 132 valence electrons. The molecule has 0 aliphatic carbocycles. The molecule has 3 rings (SSSR count). The molecule has 1 heterocycles. The lowest BCUT2D eigenvalue weighted by Crippen LogP contribution is -2.11. The molecule has 1 aromatic heterocycles. The van der Waals surface area contributed by atoms with Crippen LogP contribution in [0.2, 0.25) is 0 Å². The number of hydrogen-bond acceptors (Lipinski definition) is 5. The average Bonchev–Trinajstić information content (AvgIpc) is 3.11. The third-order valence-electron chi connectivity index (χ3n) is 3.62. The zero-order valence-corrected chi connectivity index (χ0v) is 14.8. The van der Waals surface area contributed by atoms with E-state index in [1.165, 1.54) is 17.4 Å². The van der Waals surface area contributed by atoms with Crippen LogP contribution in [-0.2, 0) is 6.61 Å². The summed E-state index contributed by atoms with van der Waals surface area (Å²) in [5.41, 5.74) is 1.68. The molecule has 0 aliphatic heterocycles. The van der Waals surface area contributed by atoms with Crippen molar-refractivity contribution in [1.29, 1.82) is 0 Å². The molecule has 1 amide bonds. The Balaban J connectivity index is 1.68. The van der Waals surface area contributed by atoms with Crippen LogP contribution in [0.25, 0.3) is 0 Å². The summed E-state index contributed by atoms with van der Waals surface area (Å²) in [7, 11) is 0. The van der Waals surface area contributed by atoms with Crippen molar-refractivity contribution in [2.45, 2.75) is 13.5 Å². The third-order valence-corrected chi connectivity index (χ3v) is 4.60. The molecule has 1 N–H and O–H groups in total. The summed E-state index contributed by atoms with van der Waals surface area (Å²) in [5, 5.41) is 15.6. The second-order valence-corrected chi connectivity index (χ2v) is 6.56. The molecule has 0 saturated carbocycles. The number of aryl methyl sites for hydroxylation is 1. The molecule has 0 spiro atoms. The van der Waals surface area contributed by atoms with Gasteiger partial charge in [0.1, 0.15) is 18.0 Å². The van der Waals surface area contributed by atoms with Crippen molar-refractivity contribution in [3.63, 3.8) is 0 Å². The molecule has 0 bridgehead atoms. The zero-order chi connectivity index (χ0) is 18.5. The van der Waals surface area contributed by atoms with Crippen LogP contribution >= 0.6 is 11.3 Å². The van der Waals surface area contributed by atoms with Gasteiger partial charge in [-0.1, -0.05) is 24.3 Å². The molecule has 6 nitrogen and oxygen atoms in total. The Hall–Kier alpha value is -3.19. The number of nitro benzene ring substituents is 1. The maximum Gasteiger partial charge on any atom is 0.293 e. The number of carbonyl (C=O) groups is 1. The molecule has 0 atom stereocenters. The van der Waals surface area contributed by atoms with E-state index in [1.807, 2.05) is 35.7 Å². The van der Waals surface area contributed by atoms with Gasteiger partial charge in [-0.05, 0) is 42.1 Å². The highest BCUT2D eigenvalue weighted by atomic mass is 32.1. The number of nitrogens with zero attached hydrogens (tertiary/aromatic N) is 1. The van der Waals surface area contributed by atoms with Gasteiger partial charge in [0.15, 0.2) is 0 Å². The summed E-state index contributed by atoms with van der Waals surface area (Å²) < 4.78 is 5.65. The van der Waals surface area contributed by atoms with Crippen molar-refractivity contribution >= 4 is 28.6 Å². The summed E-state index contributed by atoms with van der Waals surface area (Å²) in [6.07, 6.45) is 0. The highest BCUT2D eigenvalue weighted by molar-refractivity contribution is 7.12. The van der Waals surface area contributed by atoms with Gasteiger partial charge >= 0.3 is 0 Å². The number of benzene rings is 2. The van der Waals surface area contributed by atoms with E-state index in [2.05, 4.69) is 5.32 Å². The molecule has 0 unspecified atom stereocenters. The lowest BCUT2D eigenvalue weighted by atomic mass is 10.2. The fourth-order valence-electron chi connectivity index (χ4n) is 2.34. The predicted molar refractivity (Wildman–Crippen MR) is 101 cm³/mol. The van der Waals surface area contributed by atoms with E-state index < -0.39 is 4.92 Å². The Labute approximate surface area is 154 Å². The number of rotatable bonds is 6. The number of nitro groups is 1. The van der Waals surface area contributed by atoms with E-state index in [0.717, 1.165) is 16.9 Å². The number of carbonyl (C=O) groups excluding carboxylic acids is 1. The molecule has 26 heavy (non-hydrogen) atoms. The van der Waals surface area contributed by atoms with Crippen molar-refractivity contribution in [3.8, 4) is 5.75 Å². The lowest BCUT2D eigenvalue weighted by Gasteiger charge is -2.05. The maximum absolute atomic E-state index is 12.4. The highest BCUT2D eigenvalue weighted by Gasteiger charge is 2.18. The van der Waals surface area contributed by atoms with Crippen LogP contribution in [0.5, 0.6) is 5.75 Å². The molecule has 0 aliphatic rings. The van der Waals surface area contributed by atoms with Crippen LogP contribution in [-0.4, -0.2) is 10.8 Å². The first-order valence-corrected chi connectivity index (χ1v) is 8.72. The first-order valence-electron chi connectivity index (χ1n) is 7.84. The Morgan fingerprint density at radius 1 is 1.19 bits per heavy atom. The Morgan fingerprint density at radius 3 is 2.69 bits per heavy atom. The van der Waals surface area contributed by atoms with Gasteiger partial charge in [-0.25, -0.2) is 0 Å². The molecule has 2 aromatic carbocycles. The van der Waals surface area contributed by atoms with Gasteiger partial charge < -0.3 is 10.1 Å². The standard InChI is InChI=1S/C19H16N2O4S/c1-13-7-8-16(17(9-13)21(23)24)20-19(22)18-10-14(12-26-18)11-25-15-5-3-2-4-6-15/h2-10,12H,11H2,1H3,(H,20,22). The fraction of sp³-hybridized carbons (Fsp3) is 0.105. The van der Waals surface area contributed by atoms with Gasteiger partial charge in [0.2, 0.25) is 0 Å². The van der Waals surface area contributed by atoms with Gasteiger partial charge in [0, 0.05) is 11.6 Å². The number of amides is 1. The van der Waals surface area contributed by atoms with Crippen molar-refractivity contribution in [2.75, 3.05) is 5.32 Å². The maximum atomic E-state index is 12.4.